The molecule has 1 amide bonds. The van der Waals surface area contributed by atoms with Gasteiger partial charge in [0.05, 0.1) is 0 Å². The Labute approximate surface area is 112 Å². The van der Waals surface area contributed by atoms with Gasteiger partial charge in [-0.3, -0.25) is 4.79 Å². The van der Waals surface area contributed by atoms with E-state index in [9.17, 15) is 13.2 Å². The lowest BCUT2D eigenvalue weighted by molar-refractivity contribution is 0.0597. The van der Waals surface area contributed by atoms with Gasteiger partial charge in [-0.05, 0) is 45.4 Å². The van der Waals surface area contributed by atoms with Gasteiger partial charge < -0.3 is 9.32 Å². The number of nitrogens with one attached hydrogen (secondary N) is 1. The average molecular weight is 286 g/mol. The molecule has 1 saturated heterocycles. The summed E-state index contributed by atoms with van der Waals surface area (Å²) in [5.41, 5.74) is 0. The SMILES string of the molecule is CNS(=O)(=O)c1ccc(C(=O)N2CCCCC2C)o1. The van der Waals surface area contributed by atoms with E-state index < -0.39 is 10.0 Å². The Morgan fingerprint density at radius 2 is 2.16 bits per heavy atom. The van der Waals surface area contributed by atoms with Crippen LogP contribution in [0.4, 0.5) is 0 Å². The first kappa shape index (κ1) is 14.1. The average Bonchev–Trinajstić information content (AvgIpc) is 2.89. The summed E-state index contributed by atoms with van der Waals surface area (Å²) in [6.07, 6.45) is 3.05. The van der Waals surface area contributed by atoms with Crippen molar-refractivity contribution < 1.29 is 17.6 Å². The van der Waals surface area contributed by atoms with Gasteiger partial charge in [0.25, 0.3) is 15.9 Å². The predicted molar refractivity (Wildman–Crippen MR) is 69.3 cm³/mol. The van der Waals surface area contributed by atoms with Crippen LogP contribution in [0.2, 0.25) is 0 Å². The molecule has 19 heavy (non-hydrogen) atoms. The maximum Gasteiger partial charge on any atom is 0.289 e. The molecule has 6 nitrogen and oxygen atoms in total. The fraction of sp³-hybridized carbons (Fsp3) is 0.583. The van der Waals surface area contributed by atoms with Crippen molar-refractivity contribution in [2.24, 2.45) is 0 Å². The van der Waals surface area contributed by atoms with Gasteiger partial charge in [0.2, 0.25) is 5.09 Å². The summed E-state index contributed by atoms with van der Waals surface area (Å²) < 4.78 is 30.4. The highest BCUT2D eigenvalue weighted by Crippen LogP contribution is 2.21. The van der Waals surface area contributed by atoms with Crippen LogP contribution in [-0.2, 0) is 10.0 Å². The topological polar surface area (TPSA) is 79.6 Å². The minimum Gasteiger partial charge on any atom is -0.438 e. The van der Waals surface area contributed by atoms with Crippen molar-refractivity contribution in [3.05, 3.63) is 17.9 Å². The van der Waals surface area contributed by atoms with Crippen LogP contribution < -0.4 is 4.72 Å². The van der Waals surface area contributed by atoms with Crippen LogP contribution in [0.3, 0.4) is 0 Å². The molecule has 0 spiro atoms. The van der Waals surface area contributed by atoms with Gasteiger partial charge in [0.15, 0.2) is 5.76 Å². The molecule has 0 radical (unpaired) electrons. The van der Waals surface area contributed by atoms with E-state index in [2.05, 4.69) is 4.72 Å². The summed E-state index contributed by atoms with van der Waals surface area (Å²) in [7, 11) is -2.34. The van der Waals surface area contributed by atoms with Crippen molar-refractivity contribution >= 4 is 15.9 Å². The number of rotatable bonds is 3. The zero-order chi connectivity index (χ0) is 14.0. The van der Waals surface area contributed by atoms with Crippen molar-refractivity contribution in [2.75, 3.05) is 13.6 Å². The lowest BCUT2D eigenvalue weighted by Gasteiger charge is -2.32. The highest BCUT2D eigenvalue weighted by atomic mass is 32.2. The molecule has 1 aliphatic rings. The van der Waals surface area contributed by atoms with E-state index in [0.717, 1.165) is 19.3 Å². The third-order valence-corrected chi connectivity index (χ3v) is 4.68. The van der Waals surface area contributed by atoms with Crippen LogP contribution in [0.25, 0.3) is 0 Å². The molecule has 7 heteroatoms. The Morgan fingerprint density at radius 3 is 2.79 bits per heavy atom. The van der Waals surface area contributed by atoms with Crippen molar-refractivity contribution in [1.82, 2.24) is 9.62 Å². The maximum absolute atomic E-state index is 12.3. The van der Waals surface area contributed by atoms with E-state index in [0.29, 0.717) is 6.54 Å². The van der Waals surface area contributed by atoms with Crippen molar-refractivity contribution in [3.8, 4) is 0 Å². The summed E-state index contributed by atoms with van der Waals surface area (Å²) in [5, 5.41) is -0.233. The number of piperidine rings is 1. The zero-order valence-electron chi connectivity index (χ0n) is 11.0. The minimum absolute atomic E-state index is 0.0718. The molecule has 106 valence electrons. The van der Waals surface area contributed by atoms with Gasteiger partial charge in [0, 0.05) is 12.6 Å². The van der Waals surface area contributed by atoms with Crippen LogP contribution >= 0.6 is 0 Å². The molecule has 0 bridgehead atoms. The van der Waals surface area contributed by atoms with Crippen molar-refractivity contribution in [1.29, 1.82) is 0 Å². The fourth-order valence-corrected chi connectivity index (χ4v) is 2.87. The summed E-state index contributed by atoms with van der Waals surface area (Å²) in [4.78, 5) is 14.0. The monoisotopic (exact) mass is 286 g/mol. The largest absolute Gasteiger partial charge is 0.438 e. The summed E-state index contributed by atoms with van der Waals surface area (Å²) in [6, 6.07) is 2.87. The third kappa shape index (κ3) is 2.82. The highest BCUT2D eigenvalue weighted by molar-refractivity contribution is 7.89. The molecule has 1 aromatic rings. The van der Waals surface area contributed by atoms with Gasteiger partial charge in [-0.15, -0.1) is 0 Å². The van der Waals surface area contributed by atoms with Gasteiger partial charge in [-0.2, -0.15) is 0 Å². The quantitative estimate of drug-likeness (QED) is 0.905. The standard InChI is InChI=1S/C12H18N2O4S/c1-9-5-3-4-8-14(9)12(15)10-6-7-11(18-10)19(16,17)13-2/h6-7,9,13H,3-5,8H2,1-2H3. The molecule has 1 aromatic heterocycles. The Balaban J connectivity index is 2.21. The zero-order valence-corrected chi connectivity index (χ0v) is 11.9. The minimum atomic E-state index is -3.64. The number of hydrogen-bond donors (Lipinski definition) is 1. The van der Waals surface area contributed by atoms with E-state index in [1.807, 2.05) is 6.92 Å². The van der Waals surface area contributed by atoms with E-state index in [1.165, 1.54) is 19.2 Å². The van der Waals surface area contributed by atoms with Crippen LogP contribution in [0.15, 0.2) is 21.6 Å². The van der Waals surface area contributed by atoms with E-state index in [4.69, 9.17) is 4.42 Å². The Bertz CT molecular complexity index is 564. The fourth-order valence-electron chi connectivity index (χ4n) is 2.22. The Kier molecular flexibility index (Phi) is 3.96. The van der Waals surface area contributed by atoms with E-state index in [1.54, 1.807) is 4.90 Å². The van der Waals surface area contributed by atoms with Gasteiger partial charge >= 0.3 is 0 Å². The Morgan fingerprint density at radius 1 is 1.42 bits per heavy atom. The highest BCUT2D eigenvalue weighted by Gasteiger charge is 2.27. The predicted octanol–water partition coefficient (Wildman–Crippen LogP) is 1.20. The second kappa shape index (κ2) is 5.34. The van der Waals surface area contributed by atoms with E-state index in [-0.39, 0.29) is 22.8 Å². The molecule has 1 unspecified atom stereocenters. The molecule has 2 rings (SSSR count). The second-order valence-corrected chi connectivity index (χ2v) is 6.49. The number of likely N-dealkylation sites (tertiary alicyclic amines) is 1. The lowest BCUT2D eigenvalue weighted by atomic mass is 10.0. The molecule has 1 atom stereocenters. The normalized spacial score (nSPS) is 20.5. The number of carbonyl (C=O) groups is 1. The maximum atomic E-state index is 12.3. The first-order chi connectivity index (χ1) is 8.95. The molecule has 0 saturated carbocycles. The first-order valence-electron chi connectivity index (χ1n) is 6.30. The van der Waals surface area contributed by atoms with Gasteiger partial charge in [0.1, 0.15) is 0 Å². The molecule has 1 N–H and O–H groups in total. The van der Waals surface area contributed by atoms with E-state index >= 15 is 0 Å². The summed E-state index contributed by atoms with van der Waals surface area (Å²) in [5.74, 6) is -0.174. The molecular weight excluding hydrogens is 268 g/mol. The van der Waals surface area contributed by atoms with Crippen LogP contribution in [0.5, 0.6) is 0 Å². The molecule has 1 aliphatic heterocycles. The molecule has 0 aliphatic carbocycles. The van der Waals surface area contributed by atoms with Crippen LogP contribution in [0, 0.1) is 0 Å². The molecule has 0 aromatic carbocycles. The molecule has 1 fully saturated rings. The lowest BCUT2D eigenvalue weighted by Crippen LogP contribution is -2.41. The van der Waals surface area contributed by atoms with Gasteiger partial charge in [-0.1, -0.05) is 0 Å². The smallest absolute Gasteiger partial charge is 0.289 e. The van der Waals surface area contributed by atoms with Gasteiger partial charge in [-0.25, -0.2) is 13.1 Å². The Hall–Kier alpha value is -1.34. The first-order valence-corrected chi connectivity index (χ1v) is 7.78. The van der Waals surface area contributed by atoms with Crippen molar-refractivity contribution in [3.63, 3.8) is 0 Å². The number of furan rings is 1. The van der Waals surface area contributed by atoms with Crippen molar-refractivity contribution in [2.45, 2.75) is 37.3 Å². The number of hydrogen-bond acceptors (Lipinski definition) is 4. The van der Waals surface area contributed by atoms with Crippen LogP contribution in [-0.4, -0.2) is 38.9 Å². The number of sulfonamides is 1. The third-order valence-electron chi connectivity index (χ3n) is 3.39. The number of amides is 1. The molecular formula is C12H18N2O4S. The summed E-state index contributed by atoms with van der Waals surface area (Å²) in [6.45, 7) is 2.68. The number of carbonyl (C=O) groups excluding carboxylic acids is 1. The van der Waals surface area contributed by atoms with Crippen LogP contribution in [0.1, 0.15) is 36.7 Å². The summed E-state index contributed by atoms with van der Waals surface area (Å²) >= 11 is 0. The second-order valence-electron chi connectivity index (χ2n) is 4.67. The molecule has 2 heterocycles. The number of nitrogens with zero attached hydrogens (tertiary/aromatic N) is 1.